The van der Waals surface area contributed by atoms with E-state index < -0.39 is 23.9 Å². The molecule has 0 radical (unpaired) electrons. The van der Waals surface area contributed by atoms with Crippen molar-refractivity contribution in [3.05, 3.63) is 53.6 Å². The van der Waals surface area contributed by atoms with Crippen LogP contribution in [0.2, 0.25) is 0 Å². The van der Waals surface area contributed by atoms with Crippen LogP contribution in [0.1, 0.15) is 77.8 Å². The molecule has 2 fully saturated rings. The first-order valence-electron chi connectivity index (χ1n) is 13.0. The Bertz CT molecular complexity index is 1240. The lowest BCUT2D eigenvalue weighted by molar-refractivity contribution is -0.131. The van der Waals surface area contributed by atoms with Gasteiger partial charge >= 0.3 is 7.12 Å². The van der Waals surface area contributed by atoms with Crippen LogP contribution in [-0.2, 0) is 20.6 Å². The topological polar surface area (TPSA) is 74.9 Å². The Morgan fingerprint density at radius 2 is 1.67 bits per heavy atom. The minimum atomic E-state index is -0.513. The predicted molar refractivity (Wildman–Crippen MR) is 142 cm³/mol. The van der Waals surface area contributed by atoms with E-state index in [2.05, 4.69) is 13.0 Å². The molecule has 1 spiro atoms. The van der Waals surface area contributed by atoms with Crippen LogP contribution < -0.4 is 5.46 Å². The smallest absolute Gasteiger partial charge is 0.399 e. The van der Waals surface area contributed by atoms with Gasteiger partial charge in [-0.1, -0.05) is 56.2 Å². The molecule has 7 heteroatoms. The molecular formula is C29H34BN3O3. The number of carbonyl (C=O) groups is 1. The van der Waals surface area contributed by atoms with Gasteiger partial charge < -0.3 is 9.31 Å². The fourth-order valence-corrected chi connectivity index (χ4v) is 5.44. The molecule has 5 rings (SSSR count). The van der Waals surface area contributed by atoms with Crippen LogP contribution in [-0.4, -0.2) is 40.5 Å². The van der Waals surface area contributed by atoms with Crippen molar-refractivity contribution in [1.82, 2.24) is 4.90 Å². The van der Waals surface area contributed by atoms with Gasteiger partial charge in [0.25, 0.3) is 5.91 Å². The van der Waals surface area contributed by atoms with Crippen LogP contribution in [0.4, 0.5) is 0 Å². The molecule has 0 bridgehead atoms. The second kappa shape index (κ2) is 8.86. The van der Waals surface area contributed by atoms with Gasteiger partial charge in [0.1, 0.15) is 11.4 Å². The summed E-state index contributed by atoms with van der Waals surface area (Å²) in [4.78, 5) is 20.0. The van der Waals surface area contributed by atoms with Crippen molar-refractivity contribution in [3.8, 4) is 17.2 Å². The Hall–Kier alpha value is -2.95. The lowest BCUT2D eigenvalue weighted by Crippen LogP contribution is -2.41. The molecule has 0 unspecified atom stereocenters. The predicted octanol–water partition coefficient (Wildman–Crippen LogP) is 4.99. The SMILES string of the molecule is CCC1=NC2(CCCC2)C(=O)N1Cc1ccc(-c2cc(B3OC(C)(C)C(C)(C)O3)ccc2C#N)cc1. The molecule has 1 saturated carbocycles. The summed E-state index contributed by atoms with van der Waals surface area (Å²) in [5.41, 5.74) is 2.94. The Labute approximate surface area is 214 Å². The fraction of sp³-hybridized carbons (Fsp3) is 0.483. The molecule has 1 saturated heterocycles. The first-order valence-corrected chi connectivity index (χ1v) is 13.0. The fourth-order valence-electron chi connectivity index (χ4n) is 5.44. The van der Waals surface area contributed by atoms with Gasteiger partial charge in [0.05, 0.1) is 29.4 Å². The molecule has 3 aliphatic rings. The molecular weight excluding hydrogens is 449 g/mol. The maximum atomic E-state index is 13.3. The highest BCUT2D eigenvalue weighted by molar-refractivity contribution is 6.62. The largest absolute Gasteiger partial charge is 0.494 e. The summed E-state index contributed by atoms with van der Waals surface area (Å²) >= 11 is 0. The second-order valence-electron chi connectivity index (χ2n) is 11.2. The van der Waals surface area contributed by atoms with Gasteiger partial charge in [0.2, 0.25) is 0 Å². The van der Waals surface area contributed by atoms with Crippen molar-refractivity contribution in [3.63, 3.8) is 0 Å². The molecule has 1 amide bonds. The molecule has 2 heterocycles. The lowest BCUT2D eigenvalue weighted by Gasteiger charge is -2.32. The molecule has 2 aliphatic heterocycles. The first-order chi connectivity index (χ1) is 17.1. The number of benzene rings is 2. The van der Waals surface area contributed by atoms with Crippen LogP contribution in [0.3, 0.4) is 0 Å². The number of amides is 1. The average Bonchev–Trinajstić information content (AvgIpc) is 3.50. The maximum Gasteiger partial charge on any atom is 0.494 e. The van der Waals surface area contributed by atoms with Crippen LogP contribution in [0.5, 0.6) is 0 Å². The monoisotopic (exact) mass is 483 g/mol. The summed E-state index contributed by atoms with van der Waals surface area (Å²) < 4.78 is 12.4. The van der Waals surface area contributed by atoms with E-state index in [-0.39, 0.29) is 5.91 Å². The molecule has 1 aliphatic carbocycles. The van der Waals surface area contributed by atoms with E-state index in [1.165, 1.54) is 0 Å². The number of rotatable bonds is 5. The quantitative estimate of drug-likeness (QED) is 0.562. The third-order valence-corrected chi connectivity index (χ3v) is 8.34. The van der Waals surface area contributed by atoms with Gasteiger partial charge in [0, 0.05) is 6.42 Å². The number of hydrogen-bond acceptors (Lipinski definition) is 5. The Balaban J connectivity index is 1.38. The van der Waals surface area contributed by atoms with Crippen molar-refractivity contribution in [2.45, 2.75) is 90.0 Å². The zero-order valence-corrected chi connectivity index (χ0v) is 21.9. The van der Waals surface area contributed by atoms with E-state index in [0.29, 0.717) is 12.1 Å². The normalized spacial score (nSPS) is 21.8. The second-order valence-corrected chi connectivity index (χ2v) is 11.2. The molecule has 2 aromatic rings. The summed E-state index contributed by atoms with van der Waals surface area (Å²) in [6, 6.07) is 16.2. The number of aliphatic imine (C=N–C) groups is 1. The number of amidine groups is 1. The molecule has 0 aromatic heterocycles. The summed E-state index contributed by atoms with van der Waals surface area (Å²) in [6.07, 6.45) is 4.62. The van der Waals surface area contributed by atoms with E-state index in [4.69, 9.17) is 14.3 Å². The van der Waals surface area contributed by atoms with Gasteiger partial charge in [0.15, 0.2) is 0 Å². The molecule has 6 nitrogen and oxygen atoms in total. The molecule has 2 aromatic carbocycles. The van der Waals surface area contributed by atoms with Gasteiger partial charge in [-0.25, -0.2) is 0 Å². The van der Waals surface area contributed by atoms with E-state index >= 15 is 0 Å². The Morgan fingerprint density at radius 3 is 2.25 bits per heavy atom. The van der Waals surface area contributed by atoms with Crippen LogP contribution >= 0.6 is 0 Å². The summed E-state index contributed by atoms with van der Waals surface area (Å²) in [6.45, 7) is 10.7. The summed E-state index contributed by atoms with van der Waals surface area (Å²) in [7, 11) is -0.489. The highest BCUT2D eigenvalue weighted by Crippen LogP contribution is 2.40. The summed E-state index contributed by atoms with van der Waals surface area (Å²) in [5.74, 6) is 1.05. The van der Waals surface area contributed by atoms with Crippen molar-refractivity contribution >= 4 is 24.3 Å². The lowest BCUT2D eigenvalue weighted by atomic mass is 9.77. The van der Waals surface area contributed by atoms with Crippen molar-refractivity contribution < 1.29 is 14.1 Å². The molecule has 0 atom stereocenters. The zero-order chi connectivity index (χ0) is 25.7. The van der Waals surface area contributed by atoms with E-state index in [9.17, 15) is 10.1 Å². The van der Waals surface area contributed by atoms with Crippen molar-refractivity contribution in [1.29, 1.82) is 5.26 Å². The molecule has 0 N–H and O–H groups in total. The highest BCUT2D eigenvalue weighted by atomic mass is 16.7. The third kappa shape index (κ3) is 4.07. The van der Waals surface area contributed by atoms with E-state index in [1.807, 2.05) is 75.1 Å². The standard InChI is InChI=1S/C29H34BN3O3/c1-6-25-32-29(15-7-8-16-29)26(34)33(25)19-20-9-11-21(12-10-20)24-17-23(14-13-22(24)18-31)30-35-27(2,3)28(4,5)36-30/h9-14,17H,6-8,15-16,19H2,1-5H3. The number of hydrogen-bond donors (Lipinski definition) is 0. The highest BCUT2D eigenvalue weighted by Gasteiger charge is 2.52. The third-order valence-electron chi connectivity index (χ3n) is 8.34. The Morgan fingerprint density at radius 1 is 1.03 bits per heavy atom. The molecule has 36 heavy (non-hydrogen) atoms. The zero-order valence-electron chi connectivity index (χ0n) is 21.9. The minimum absolute atomic E-state index is 0.155. The van der Waals surface area contributed by atoms with Gasteiger partial charge in [-0.3, -0.25) is 14.7 Å². The minimum Gasteiger partial charge on any atom is -0.399 e. The number of nitrogens with zero attached hydrogens (tertiary/aromatic N) is 3. The maximum absolute atomic E-state index is 13.3. The van der Waals surface area contributed by atoms with Crippen molar-refractivity contribution in [2.75, 3.05) is 0 Å². The average molecular weight is 483 g/mol. The van der Waals surface area contributed by atoms with Crippen LogP contribution in [0, 0.1) is 11.3 Å². The number of nitriles is 1. The van der Waals surface area contributed by atoms with E-state index in [0.717, 1.165) is 60.1 Å². The van der Waals surface area contributed by atoms with Crippen molar-refractivity contribution in [2.24, 2.45) is 4.99 Å². The van der Waals surface area contributed by atoms with Gasteiger partial charge in [-0.05, 0) is 68.8 Å². The number of carbonyl (C=O) groups excluding carboxylic acids is 1. The van der Waals surface area contributed by atoms with Crippen LogP contribution in [0.15, 0.2) is 47.5 Å². The van der Waals surface area contributed by atoms with Gasteiger partial charge in [-0.2, -0.15) is 5.26 Å². The molecule has 186 valence electrons. The van der Waals surface area contributed by atoms with E-state index in [1.54, 1.807) is 0 Å². The van der Waals surface area contributed by atoms with Gasteiger partial charge in [-0.15, -0.1) is 0 Å². The Kier molecular flexibility index (Phi) is 6.09. The summed E-state index contributed by atoms with van der Waals surface area (Å²) in [5, 5.41) is 9.76. The van der Waals surface area contributed by atoms with Crippen LogP contribution in [0.25, 0.3) is 11.1 Å². The first kappa shape index (κ1) is 24.7.